The number of amides is 1. The summed E-state index contributed by atoms with van der Waals surface area (Å²) >= 11 is 0. The van der Waals surface area contributed by atoms with Gasteiger partial charge in [-0.3, -0.25) is 4.79 Å². The van der Waals surface area contributed by atoms with E-state index in [0.29, 0.717) is 12.8 Å². The monoisotopic (exact) mass is 384 g/mol. The van der Waals surface area contributed by atoms with Crippen molar-refractivity contribution in [2.75, 3.05) is 52.4 Å². The van der Waals surface area contributed by atoms with Crippen LogP contribution in [0.15, 0.2) is 42.5 Å². The van der Waals surface area contributed by atoms with Crippen LogP contribution in [0.2, 0.25) is 0 Å². The molecule has 150 valence electrons. The number of anilines is 1. The van der Waals surface area contributed by atoms with Gasteiger partial charge in [-0.15, -0.1) is 0 Å². The number of methoxy groups -OCH3 is 3. The summed E-state index contributed by atoms with van der Waals surface area (Å²) in [5.41, 5.74) is 2.18. The number of hydrogen-bond acceptors (Lipinski definition) is 5. The number of hydrogen-bond donors (Lipinski definition) is 0. The molecule has 28 heavy (non-hydrogen) atoms. The van der Waals surface area contributed by atoms with Crippen molar-refractivity contribution in [3.8, 4) is 17.2 Å². The third-order valence-electron chi connectivity index (χ3n) is 5.09. The fourth-order valence-corrected chi connectivity index (χ4v) is 3.44. The zero-order valence-corrected chi connectivity index (χ0v) is 16.8. The fraction of sp³-hybridized carbons (Fsp3) is 0.409. The van der Waals surface area contributed by atoms with Gasteiger partial charge in [0, 0.05) is 50.4 Å². The number of carbonyl (C=O) groups is 1. The standard InChI is InChI=1S/C22H28N2O4/c1-26-19-6-4-5-18(15-19)23-9-11-24(12-10-23)22(25)8-7-17-13-20(27-2)16-21(14-17)28-3/h4-6,13-16H,7-12H2,1-3H3. The van der Waals surface area contributed by atoms with E-state index in [1.54, 1.807) is 21.3 Å². The molecular weight excluding hydrogens is 356 g/mol. The molecule has 1 saturated heterocycles. The summed E-state index contributed by atoms with van der Waals surface area (Å²) in [6.45, 7) is 3.12. The molecule has 1 aliphatic heterocycles. The summed E-state index contributed by atoms with van der Waals surface area (Å²) in [4.78, 5) is 16.9. The van der Waals surface area contributed by atoms with Gasteiger partial charge in [-0.1, -0.05) is 6.07 Å². The highest BCUT2D eigenvalue weighted by atomic mass is 16.5. The Morgan fingerprint density at radius 2 is 1.50 bits per heavy atom. The maximum absolute atomic E-state index is 12.6. The summed E-state index contributed by atoms with van der Waals surface area (Å²) < 4.78 is 15.9. The first kappa shape index (κ1) is 19.9. The van der Waals surface area contributed by atoms with E-state index >= 15 is 0 Å². The predicted molar refractivity (Wildman–Crippen MR) is 110 cm³/mol. The minimum absolute atomic E-state index is 0.187. The molecule has 0 spiro atoms. The Morgan fingerprint density at radius 1 is 0.857 bits per heavy atom. The largest absolute Gasteiger partial charge is 0.497 e. The van der Waals surface area contributed by atoms with Crippen LogP contribution >= 0.6 is 0 Å². The molecule has 1 heterocycles. The van der Waals surface area contributed by atoms with E-state index in [0.717, 1.165) is 54.7 Å². The lowest BCUT2D eigenvalue weighted by atomic mass is 10.1. The maximum atomic E-state index is 12.6. The molecule has 3 rings (SSSR count). The van der Waals surface area contributed by atoms with Crippen LogP contribution in [0.5, 0.6) is 17.2 Å². The summed E-state index contributed by atoms with van der Waals surface area (Å²) in [6.07, 6.45) is 1.15. The van der Waals surface area contributed by atoms with Gasteiger partial charge in [0.25, 0.3) is 0 Å². The van der Waals surface area contributed by atoms with Crippen LogP contribution in [-0.2, 0) is 11.2 Å². The van der Waals surface area contributed by atoms with Gasteiger partial charge in [-0.25, -0.2) is 0 Å². The summed E-state index contributed by atoms with van der Waals surface area (Å²) in [7, 11) is 4.94. The third kappa shape index (κ3) is 4.88. The van der Waals surface area contributed by atoms with E-state index in [-0.39, 0.29) is 5.91 Å². The van der Waals surface area contributed by atoms with Crippen molar-refractivity contribution >= 4 is 11.6 Å². The second kappa shape index (κ2) is 9.35. The van der Waals surface area contributed by atoms with Crippen LogP contribution in [0.3, 0.4) is 0 Å². The molecule has 0 bridgehead atoms. The minimum Gasteiger partial charge on any atom is -0.497 e. The van der Waals surface area contributed by atoms with Gasteiger partial charge in [0.15, 0.2) is 0 Å². The van der Waals surface area contributed by atoms with Crippen LogP contribution in [-0.4, -0.2) is 58.3 Å². The molecule has 1 amide bonds. The van der Waals surface area contributed by atoms with E-state index < -0.39 is 0 Å². The molecule has 2 aromatic carbocycles. The molecule has 0 radical (unpaired) electrons. The Bertz CT molecular complexity index is 779. The molecule has 0 unspecified atom stereocenters. The van der Waals surface area contributed by atoms with Crippen molar-refractivity contribution in [3.05, 3.63) is 48.0 Å². The summed E-state index contributed by atoms with van der Waals surface area (Å²) in [5, 5.41) is 0. The molecule has 1 aliphatic rings. The lowest BCUT2D eigenvalue weighted by Gasteiger charge is -2.36. The Balaban J connectivity index is 1.53. The molecule has 0 aromatic heterocycles. The van der Waals surface area contributed by atoms with Crippen LogP contribution in [0, 0.1) is 0 Å². The smallest absolute Gasteiger partial charge is 0.223 e. The topological polar surface area (TPSA) is 51.2 Å². The number of ether oxygens (including phenoxy) is 3. The van der Waals surface area contributed by atoms with Crippen LogP contribution in [0.1, 0.15) is 12.0 Å². The van der Waals surface area contributed by atoms with Crippen molar-refractivity contribution in [2.45, 2.75) is 12.8 Å². The number of nitrogens with zero attached hydrogens (tertiary/aromatic N) is 2. The van der Waals surface area contributed by atoms with Crippen molar-refractivity contribution in [1.82, 2.24) is 4.90 Å². The van der Waals surface area contributed by atoms with Crippen molar-refractivity contribution in [2.24, 2.45) is 0 Å². The summed E-state index contributed by atoms with van der Waals surface area (Å²) in [6, 6.07) is 13.8. The first-order valence-corrected chi connectivity index (χ1v) is 9.51. The molecule has 1 fully saturated rings. The minimum atomic E-state index is 0.187. The van der Waals surface area contributed by atoms with Crippen LogP contribution in [0.25, 0.3) is 0 Å². The molecule has 0 atom stereocenters. The predicted octanol–water partition coefficient (Wildman–Crippen LogP) is 2.99. The average Bonchev–Trinajstić information content (AvgIpc) is 2.77. The lowest BCUT2D eigenvalue weighted by molar-refractivity contribution is -0.131. The number of rotatable bonds is 7. The third-order valence-corrected chi connectivity index (χ3v) is 5.09. The fourth-order valence-electron chi connectivity index (χ4n) is 3.44. The molecule has 6 nitrogen and oxygen atoms in total. The molecule has 6 heteroatoms. The highest BCUT2D eigenvalue weighted by molar-refractivity contribution is 5.77. The molecule has 0 N–H and O–H groups in total. The van der Waals surface area contributed by atoms with Gasteiger partial charge in [0.05, 0.1) is 21.3 Å². The first-order chi connectivity index (χ1) is 13.6. The van der Waals surface area contributed by atoms with E-state index in [1.165, 1.54) is 0 Å². The van der Waals surface area contributed by atoms with E-state index in [1.807, 2.05) is 41.3 Å². The maximum Gasteiger partial charge on any atom is 0.223 e. The van der Waals surface area contributed by atoms with E-state index in [2.05, 4.69) is 11.0 Å². The zero-order chi connectivity index (χ0) is 19.9. The van der Waals surface area contributed by atoms with Crippen molar-refractivity contribution in [3.63, 3.8) is 0 Å². The van der Waals surface area contributed by atoms with Gasteiger partial charge >= 0.3 is 0 Å². The highest BCUT2D eigenvalue weighted by Gasteiger charge is 2.21. The van der Waals surface area contributed by atoms with Gasteiger partial charge in [-0.2, -0.15) is 0 Å². The number of benzene rings is 2. The molecule has 0 aliphatic carbocycles. The number of piperazine rings is 1. The Morgan fingerprint density at radius 3 is 2.11 bits per heavy atom. The van der Waals surface area contributed by atoms with Gasteiger partial charge in [0.2, 0.25) is 5.91 Å². The van der Waals surface area contributed by atoms with Gasteiger partial charge < -0.3 is 24.0 Å². The lowest BCUT2D eigenvalue weighted by Crippen LogP contribution is -2.48. The Kier molecular flexibility index (Phi) is 6.63. The Hall–Kier alpha value is -2.89. The number of carbonyl (C=O) groups excluding carboxylic acids is 1. The second-order valence-corrected chi connectivity index (χ2v) is 6.79. The van der Waals surface area contributed by atoms with Crippen LogP contribution in [0.4, 0.5) is 5.69 Å². The van der Waals surface area contributed by atoms with Crippen LogP contribution < -0.4 is 19.1 Å². The zero-order valence-electron chi connectivity index (χ0n) is 16.8. The SMILES string of the molecule is COc1cc(CCC(=O)N2CCN(c3cccc(OC)c3)CC2)cc(OC)c1. The molecular formula is C22H28N2O4. The van der Waals surface area contributed by atoms with Gasteiger partial charge in [-0.05, 0) is 36.2 Å². The van der Waals surface area contributed by atoms with Gasteiger partial charge in [0.1, 0.15) is 17.2 Å². The number of aryl methyl sites for hydroxylation is 1. The van der Waals surface area contributed by atoms with E-state index in [4.69, 9.17) is 14.2 Å². The quantitative estimate of drug-likeness (QED) is 0.735. The highest BCUT2D eigenvalue weighted by Crippen LogP contribution is 2.24. The Labute approximate surface area is 166 Å². The normalized spacial score (nSPS) is 14.0. The second-order valence-electron chi connectivity index (χ2n) is 6.79. The molecule has 0 saturated carbocycles. The van der Waals surface area contributed by atoms with Crippen molar-refractivity contribution < 1.29 is 19.0 Å². The average molecular weight is 384 g/mol. The summed E-state index contributed by atoms with van der Waals surface area (Å²) in [5.74, 6) is 2.53. The first-order valence-electron chi connectivity index (χ1n) is 9.51. The van der Waals surface area contributed by atoms with E-state index in [9.17, 15) is 4.79 Å². The molecule has 2 aromatic rings. The van der Waals surface area contributed by atoms with Crippen molar-refractivity contribution in [1.29, 1.82) is 0 Å².